The zero-order valence-corrected chi connectivity index (χ0v) is 19.2. The molecule has 144 valence electrons. The topological polar surface area (TPSA) is 9.23 Å². The minimum atomic E-state index is 0.836. The summed E-state index contributed by atoms with van der Waals surface area (Å²) in [6, 6.07) is 6.47. The van der Waals surface area contributed by atoms with Crippen LogP contribution < -0.4 is 4.74 Å². The third-order valence-corrected chi connectivity index (χ3v) is 5.94. The van der Waals surface area contributed by atoms with E-state index in [0.29, 0.717) is 0 Å². The van der Waals surface area contributed by atoms with Gasteiger partial charge in [-0.15, -0.1) is 0 Å². The van der Waals surface area contributed by atoms with Crippen molar-refractivity contribution in [2.75, 3.05) is 6.61 Å². The van der Waals surface area contributed by atoms with Crippen molar-refractivity contribution >= 4 is 31.9 Å². The van der Waals surface area contributed by atoms with Crippen LogP contribution in [0.1, 0.15) is 95.1 Å². The summed E-state index contributed by atoms with van der Waals surface area (Å²) in [5, 5.41) is 1.73. The van der Waals surface area contributed by atoms with Crippen molar-refractivity contribution in [3.8, 4) is 5.75 Å². The summed E-state index contributed by atoms with van der Waals surface area (Å²) in [5.74, 6) is 1.04. The van der Waals surface area contributed by atoms with Crippen LogP contribution in [-0.2, 0) is 10.7 Å². The van der Waals surface area contributed by atoms with Crippen LogP contribution in [0.3, 0.4) is 0 Å². The van der Waals surface area contributed by atoms with E-state index < -0.39 is 0 Å². The monoisotopic (exact) mass is 474 g/mol. The number of rotatable bonds is 16. The van der Waals surface area contributed by atoms with Gasteiger partial charge in [0.2, 0.25) is 0 Å². The lowest BCUT2D eigenvalue weighted by molar-refractivity contribution is 0.302. The van der Waals surface area contributed by atoms with Crippen LogP contribution in [0, 0.1) is 0 Å². The SMILES string of the molecule is CCCCCCCCCCCCCCOc1cc(CBr)ccc1CBr. The zero-order valence-electron chi connectivity index (χ0n) is 16.0. The zero-order chi connectivity index (χ0) is 18.2. The minimum Gasteiger partial charge on any atom is -0.493 e. The fourth-order valence-electron chi connectivity index (χ4n) is 3.05. The third kappa shape index (κ3) is 11.3. The molecule has 0 saturated carbocycles. The first-order valence-electron chi connectivity index (χ1n) is 10.2. The molecule has 0 radical (unpaired) electrons. The van der Waals surface area contributed by atoms with E-state index in [4.69, 9.17) is 4.74 Å². The molecule has 0 heterocycles. The van der Waals surface area contributed by atoms with E-state index >= 15 is 0 Å². The molecule has 0 bridgehead atoms. The molecule has 3 heteroatoms. The van der Waals surface area contributed by atoms with Crippen molar-refractivity contribution in [3.05, 3.63) is 29.3 Å². The van der Waals surface area contributed by atoms with Crippen LogP contribution in [-0.4, -0.2) is 6.61 Å². The Balaban J connectivity index is 1.98. The maximum Gasteiger partial charge on any atom is 0.123 e. The second-order valence-electron chi connectivity index (χ2n) is 6.95. The third-order valence-electron chi connectivity index (χ3n) is 4.69. The molecule has 0 saturated heterocycles. The molecule has 1 aromatic carbocycles. The van der Waals surface area contributed by atoms with E-state index in [2.05, 4.69) is 57.0 Å². The molecule has 25 heavy (non-hydrogen) atoms. The van der Waals surface area contributed by atoms with Crippen molar-refractivity contribution in [2.45, 2.75) is 94.6 Å². The first kappa shape index (κ1) is 23.0. The van der Waals surface area contributed by atoms with E-state index in [-0.39, 0.29) is 0 Å². The molecule has 0 fully saturated rings. The van der Waals surface area contributed by atoms with Gasteiger partial charge in [0.15, 0.2) is 0 Å². The molecule has 0 amide bonds. The van der Waals surface area contributed by atoms with Crippen LogP contribution in [0.15, 0.2) is 18.2 Å². The van der Waals surface area contributed by atoms with E-state index in [9.17, 15) is 0 Å². The standard InChI is InChI=1S/C22H36Br2O/c1-2-3-4-5-6-7-8-9-10-11-12-13-16-25-22-17-20(18-23)14-15-21(22)19-24/h14-15,17H,2-13,16,18-19H2,1H3. The second-order valence-corrected chi connectivity index (χ2v) is 8.07. The maximum atomic E-state index is 6.01. The average Bonchev–Trinajstić information content (AvgIpc) is 2.65. The number of unbranched alkanes of at least 4 members (excludes halogenated alkanes) is 11. The van der Waals surface area contributed by atoms with E-state index in [1.807, 2.05) is 0 Å². The molecular weight excluding hydrogens is 440 g/mol. The predicted octanol–water partition coefficient (Wildman–Crippen LogP) is 8.56. The molecule has 0 atom stereocenters. The number of hydrogen-bond acceptors (Lipinski definition) is 1. The Hall–Kier alpha value is -0.0200. The number of halogens is 2. The normalized spacial score (nSPS) is 11.0. The highest BCUT2D eigenvalue weighted by Gasteiger charge is 2.04. The Bertz CT molecular complexity index is 434. The quantitative estimate of drug-likeness (QED) is 0.172. The van der Waals surface area contributed by atoms with Gasteiger partial charge in [-0.05, 0) is 18.1 Å². The summed E-state index contributed by atoms with van der Waals surface area (Å²) in [4.78, 5) is 0. The number of ether oxygens (including phenoxy) is 1. The smallest absolute Gasteiger partial charge is 0.123 e. The van der Waals surface area contributed by atoms with Gasteiger partial charge in [0.05, 0.1) is 6.61 Å². The van der Waals surface area contributed by atoms with Gasteiger partial charge in [-0.1, -0.05) is 122 Å². The number of benzene rings is 1. The largest absolute Gasteiger partial charge is 0.493 e. The van der Waals surface area contributed by atoms with Gasteiger partial charge < -0.3 is 4.74 Å². The van der Waals surface area contributed by atoms with Crippen molar-refractivity contribution in [2.24, 2.45) is 0 Å². The van der Waals surface area contributed by atoms with Gasteiger partial charge in [-0.2, -0.15) is 0 Å². The summed E-state index contributed by atoms with van der Waals surface area (Å²) < 4.78 is 6.01. The van der Waals surface area contributed by atoms with Crippen molar-refractivity contribution in [1.29, 1.82) is 0 Å². The molecule has 0 spiro atoms. The van der Waals surface area contributed by atoms with Gasteiger partial charge in [0.25, 0.3) is 0 Å². The average molecular weight is 476 g/mol. The number of hydrogen-bond donors (Lipinski definition) is 0. The Morgan fingerprint density at radius 3 is 1.80 bits per heavy atom. The molecule has 1 aromatic rings. The Kier molecular flexibility index (Phi) is 14.9. The van der Waals surface area contributed by atoms with Gasteiger partial charge in [-0.25, -0.2) is 0 Å². The first-order valence-corrected chi connectivity index (χ1v) is 12.4. The van der Waals surface area contributed by atoms with Gasteiger partial charge in [0.1, 0.15) is 5.75 Å². The van der Waals surface area contributed by atoms with Crippen LogP contribution in [0.5, 0.6) is 5.75 Å². The fraction of sp³-hybridized carbons (Fsp3) is 0.727. The summed E-state index contributed by atoms with van der Waals surface area (Å²) in [5.41, 5.74) is 2.51. The minimum absolute atomic E-state index is 0.836. The lowest BCUT2D eigenvalue weighted by Gasteiger charge is -2.11. The van der Waals surface area contributed by atoms with Crippen LogP contribution in [0.25, 0.3) is 0 Å². The molecule has 1 nitrogen and oxygen atoms in total. The van der Waals surface area contributed by atoms with E-state index in [1.54, 1.807) is 0 Å². The van der Waals surface area contributed by atoms with E-state index in [1.165, 1.54) is 81.8 Å². The molecule has 0 aliphatic carbocycles. The summed E-state index contributed by atoms with van der Waals surface area (Å²) in [6.45, 7) is 3.12. The lowest BCUT2D eigenvalue weighted by Crippen LogP contribution is -2.00. The highest BCUT2D eigenvalue weighted by atomic mass is 79.9. The van der Waals surface area contributed by atoms with Crippen LogP contribution in [0.2, 0.25) is 0 Å². The first-order chi connectivity index (χ1) is 12.3. The maximum absolute atomic E-state index is 6.01. The molecule has 0 aromatic heterocycles. The van der Waals surface area contributed by atoms with Gasteiger partial charge >= 0.3 is 0 Å². The molecule has 0 N–H and O–H groups in total. The Morgan fingerprint density at radius 1 is 0.720 bits per heavy atom. The molecule has 1 rings (SSSR count). The number of alkyl halides is 2. The summed E-state index contributed by atoms with van der Waals surface area (Å²) in [7, 11) is 0. The van der Waals surface area contributed by atoms with Crippen LogP contribution >= 0.6 is 31.9 Å². The lowest BCUT2D eigenvalue weighted by atomic mass is 10.1. The van der Waals surface area contributed by atoms with Crippen molar-refractivity contribution < 1.29 is 4.74 Å². The fourth-order valence-corrected chi connectivity index (χ4v) is 3.86. The predicted molar refractivity (Wildman–Crippen MR) is 118 cm³/mol. The van der Waals surface area contributed by atoms with Crippen molar-refractivity contribution in [3.63, 3.8) is 0 Å². The Morgan fingerprint density at radius 2 is 1.28 bits per heavy atom. The highest BCUT2D eigenvalue weighted by Crippen LogP contribution is 2.24. The summed E-state index contributed by atoms with van der Waals surface area (Å²) in [6.07, 6.45) is 16.6. The van der Waals surface area contributed by atoms with Crippen LogP contribution in [0.4, 0.5) is 0 Å². The molecule has 0 aliphatic heterocycles. The van der Waals surface area contributed by atoms with Gasteiger partial charge in [0, 0.05) is 16.2 Å². The second kappa shape index (κ2) is 16.2. The van der Waals surface area contributed by atoms with Gasteiger partial charge in [-0.3, -0.25) is 0 Å². The van der Waals surface area contributed by atoms with E-state index in [0.717, 1.165) is 29.4 Å². The summed E-state index contributed by atoms with van der Waals surface area (Å²) >= 11 is 7.06. The molecule has 0 aliphatic rings. The van der Waals surface area contributed by atoms with Crippen molar-refractivity contribution in [1.82, 2.24) is 0 Å². The highest BCUT2D eigenvalue weighted by molar-refractivity contribution is 9.08. The molecule has 0 unspecified atom stereocenters. The molecular formula is C22H36Br2O. The Labute approximate surface area is 172 Å².